The van der Waals surface area contributed by atoms with E-state index < -0.39 is 18.0 Å². The van der Waals surface area contributed by atoms with E-state index in [4.69, 9.17) is 10.5 Å². The lowest BCUT2D eigenvalue weighted by Gasteiger charge is -2.18. The molecule has 0 bridgehead atoms. The van der Waals surface area contributed by atoms with Gasteiger partial charge in [0.1, 0.15) is 0 Å². The summed E-state index contributed by atoms with van der Waals surface area (Å²) in [5.41, 5.74) is 7.04. The largest absolute Gasteiger partial charge is 0.452 e. The van der Waals surface area contributed by atoms with Crippen LogP contribution >= 0.6 is 0 Å². The normalized spacial score (nSPS) is 13.7. The Morgan fingerprint density at radius 1 is 1.20 bits per heavy atom. The van der Waals surface area contributed by atoms with Crippen molar-refractivity contribution in [1.82, 2.24) is 5.32 Å². The maximum absolute atomic E-state index is 12.0. The highest BCUT2D eigenvalue weighted by Gasteiger charge is 2.23. The third-order valence-corrected chi connectivity index (χ3v) is 2.86. The first-order valence-corrected chi connectivity index (χ1v) is 6.67. The highest BCUT2D eigenvalue weighted by atomic mass is 16.5. The first-order chi connectivity index (χ1) is 9.31. The van der Waals surface area contributed by atoms with E-state index >= 15 is 0 Å². The summed E-state index contributed by atoms with van der Waals surface area (Å²) in [6.45, 7) is 6.98. The summed E-state index contributed by atoms with van der Waals surface area (Å²) in [6, 6.07) is 7.07. The SMILES string of the molecule is CC(C)NC(=O)C(C)OC(=O)C(C)c1cccc(N)c1. The number of carbonyl (C=O) groups excluding carboxylic acids is 2. The molecule has 5 heteroatoms. The first kappa shape index (κ1) is 16.0. The summed E-state index contributed by atoms with van der Waals surface area (Å²) in [5.74, 6) is -1.21. The van der Waals surface area contributed by atoms with E-state index in [2.05, 4.69) is 5.32 Å². The Labute approximate surface area is 119 Å². The van der Waals surface area contributed by atoms with Crippen molar-refractivity contribution in [2.24, 2.45) is 0 Å². The van der Waals surface area contributed by atoms with E-state index in [0.717, 1.165) is 5.56 Å². The molecule has 110 valence electrons. The van der Waals surface area contributed by atoms with Gasteiger partial charge < -0.3 is 15.8 Å². The van der Waals surface area contributed by atoms with Gasteiger partial charge in [-0.05, 0) is 45.4 Å². The van der Waals surface area contributed by atoms with E-state index in [9.17, 15) is 9.59 Å². The number of anilines is 1. The van der Waals surface area contributed by atoms with E-state index in [0.29, 0.717) is 5.69 Å². The van der Waals surface area contributed by atoms with E-state index in [1.807, 2.05) is 13.8 Å². The van der Waals surface area contributed by atoms with Crippen LogP contribution in [0.15, 0.2) is 24.3 Å². The van der Waals surface area contributed by atoms with E-state index in [1.165, 1.54) is 0 Å². The Hall–Kier alpha value is -2.04. The Bertz CT molecular complexity index is 486. The summed E-state index contributed by atoms with van der Waals surface area (Å²) in [6.07, 6.45) is -0.812. The Kier molecular flexibility index (Phi) is 5.55. The summed E-state index contributed by atoms with van der Waals surface area (Å²) < 4.78 is 5.18. The van der Waals surface area contributed by atoms with Crippen LogP contribution in [-0.2, 0) is 14.3 Å². The molecule has 1 aromatic carbocycles. The molecule has 0 aromatic heterocycles. The zero-order valence-electron chi connectivity index (χ0n) is 12.3. The predicted octanol–water partition coefficient (Wildman–Crippen LogP) is 1.83. The number of rotatable bonds is 5. The number of amides is 1. The summed E-state index contributed by atoms with van der Waals surface area (Å²) in [5, 5.41) is 2.70. The van der Waals surface area contributed by atoms with Crippen molar-refractivity contribution in [1.29, 1.82) is 0 Å². The van der Waals surface area contributed by atoms with Crippen LogP contribution in [-0.4, -0.2) is 24.0 Å². The van der Waals surface area contributed by atoms with Crippen LogP contribution in [0.4, 0.5) is 5.69 Å². The molecule has 2 unspecified atom stereocenters. The lowest BCUT2D eigenvalue weighted by atomic mass is 10.0. The van der Waals surface area contributed by atoms with Crippen molar-refractivity contribution < 1.29 is 14.3 Å². The van der Waals surface area contributed by atoms with Gasteiger partial charge in [0.2, 0.25) is 0 Å². The molecule has 3 N–H and O–H groups in total. The van der Waals surface area contributed by atoms with Gasteiger partial charge in [0.25, 0.3) is 5.91 Å². The second kappa shape index (κ2) is 6.93. The number of hydrogen-bond donors (Lipinski definition) is 2. The molecule has 2 atom stereocenters. The average Bonchev–Trinajstić information content (AvgIpc) is 2.36. The summed E-state index contributed by atoms with van der Waals surface area (Å²) in [7, 11) is 0. The highest BCUT2D eigenvalue weighted by Crippen LogP contribution is 2.19. The van der Waals surface area contributed by atoms with Crippen molar-refractivity contribution in [3.63, 3.8) is 0 Å². The Morgan fingerprint density at radius 2 is 1.85 bits per heavy atom. The van der Waals surface area contributed by atoms with Gasteiger partial charge in [-0.15, -0.1) is 0 Å². The maximum atomic E-state index is 12.0. The molecule has 0 aliphatic heterocycles. The third-order valence-electron chi connectivity index (χ3n) is 2.86. The number of nitrogens with two attached hydrogens (primary N) is 1. The van der Waals surface area contributed by atoms with E-state index in [1.54, 1.807) is 38.1 Å². The van der Waals surface area contributed by atoms with Crippen LogP contribution in [0.25, 0.3) is 0 Å². The van der Waals surface area contributed by atoms with Gasteiger partial charge in [-0.2, -0.15) is 0 Å². The number of nitrogens with one attached hydrogen (secondary N) is 1. The fourth-order valence-corrected chi connectivity index (χ4v) is 1.70. The van der Waals surface area contributed by atoms with Crippen LogP contribution in [0.1, 0.15) is 39.2 Å². The van der Waals surface area contributed by atoms with Crippen molar-refractivity contribution in [3.8, 4) is 0 Å². The fraction of sp³-hybridized carbons (Fsp3) is 0.467. The molecule has 0 saturated carbocycles. The molecular weight excluding hydrogens is 256 g/mol. The summed E-state index contributed by atoms with van der Waals surface area (Å²) in [4.78, 5) is 23.7. The molecule has 1 rings (SSSR count). The van der Waals surface area contributed by atoms with Gasteiger partial charge in [-0.1, -0.05) is 12.1 Å². The van der Waals surface area contributed by atoms with E-state index in [-0.39, 0.29) is 11.9 Å². The molecule has 0 aliphatic carbocycles. The minimum absolute atomic E-state index is 0.00926. The number of ether oxygens (including phenoxy) is 1. The molecule has 0 heterocycles. The number of hydrogen-bond acceptors (Lipinski definition) is 4. The Balaban J connectivity index is 2.64. The quantitative estimate of drug-likeness (QED) is 0.636. The maximum Gasteiger partial charge on any atom is 0.313 e. The van der Waals surface area contributed by atoms with Gasteiger partial charge in [0.05, 0.1) is 5.92 Å². The first-order valence-electron chi connectivity index (χ1n) is 6.67. The predicted molar refractivity (Wildman–Crippen MR) is 78.1 cm³/mol. The fourth-order valence-electron chi connectivity index (χ4n) is 1.70. The summed E-state index contributed by atoms with van der Waals surface area (Å²) >= 11 is 0. The number of esters is 1. The molecule has 0 saturated heterocycles. The molecule has 5 nitrogen and oxygen atoms in total. The van der Waals surface area contributed by atoms with Crippen LogP contribution < -0.4 is 11.1 Å². The third kappa shape index (κ3) is 4.57. The molecule has 0 spiro atoms. The number of carbonyl (C=O) groups is 2. The molecular formula is C15H22N2O3. The lowest BCUT2D eigenvalue weighted by Crippen LogP contribution is -2.40. The second-order valence-electron chi connectivity index (χ2n) is 5.13. The lowest BCUT2D eigenvalue weighted by molar-refractivity contribution is -0.156. The van der Waals surface area contributed by atoms with Gasteiger partial charge in [0.15, 0.2) is 6.10 Å². The van der Waals surface area contributed by atoms with Crippen LogP contribution in [0.2, 0.25) is 0 Å². The highest BCUT2D eigenvalue weighted by molar-refractivity contribution is 5.85. The van der Waals surface area contributed by atoms with Gasteiger partial charge in [0, 0.05) is 11.7 Å². The zero-order valence-corrected chi connectivity index (χ0v) is 12.3. The van der Waals surface area contributed by atoms with Gasteiger partial charge in [-0.25, -0.2) is 0 Å². The molecule has 1 aromatic rings. The molecule has 0 radical (unpaired) electrons. The topological polar surface area (TPSA) is 81.4 Å². The smallest absolute Gasteiger partial charge is 0.313 e. The molecule has 1 amide bonds. The van der Waals surface area contributed by atoms with Crippen LogP contribution in [0.3, 0.4) is 0 Å². The van der Waals surface area contributed by atoms with Crippen molar-refractivity contribution in [2.45, 2.75) is 45.8 Å². The van der Waals surface area contributed by atoms with Crippen LogP contribution in [0.5, 0.6) is 0 Å². The monoisotopic (exact) mass is 278 g/mol. The number of benzene rings is 1. The van der Waals surface area contributed by atoms with Crippen molar-refractivity contribution >= 4 is 17.6 Å². The average molecular weight is 278 g/mol. The zero-order chi connectivity index (χ0) is 15.3. The van der Waals surface area contributed by atoms with Gasteiger partial charge >= 0.3 is 5.97 Å². The van der Waals surface area contributed by atoms with Crippen molar-refractivity contribution in [2.75, 3.05) is 5.73 Å². The Morgan fingerprint density at radius 3 is 2.40 bits per heavy atom. The molecule has 20 heavy (non-hydrogen) atoms. The standard InChI is InChI=1S/C15H22N2O3/c1-9(2)17-14(18)11(4)20-15(19)10(3)12-6-5-7-13(16)8-12/h5-11H,16H2,1-4H3,(H,17,18). The molecule has 0 fully saturated rings. The second-order valence-corrected chi connectivity index (χ2v) is 5.13. The molecule has 0 aliphatic rings. The van der Waals surface area contributed by atoms with Gasteiger partial charge in [-0.3, -0.25) is 9.59 Å². The number of nitrogen functional groups attached to an aromatic ring is 1. The minimum Gasteiger partial charge on any atom is -0.452 e. The van der Waals surface area contributed by atoms with Crippen LogP contribution in [0, 0.1) is 0 Å². The minimum atomic E-state index is -0.812. The van der Waals surface area contributed by atoms with Crippen molar-refractivity contribution in [3.05, 3.63) is 29.8 Å².